The van der Waals surface area contributed by atoms with Gasteiger partial charge in [-0.1, -0.05) is 103 Å². The van der Waals surface area contributed by atoms with Crippen molar-refractivity contribution in [3.05, 3.63) is 167 Å². The fourth-order valence-corrected chi connectivity index (χ4v) is 4.87. The fraction of sp³-hybridized carbons (Fsp3) is 0.108. The summed E-state index contributed by atoms with van der Waals surface area (Å²) in [6, 6.07) is 35.5. The molecule has 1 unspecified atom stereocenters. The van der Waals surface area contributed by atoms with Crippen LogP contribution in [0.15, 0.2) is 133 Å². The first kappa shape index (κ1) is 31.7. The fourth-order valence-electron chi connectivity index (χ4n) is 4.87. The average molecular weight is 622 g/mol. The molecule has 0 spiro atoms. The summed E-state index contributed by atoms with van der Waals surface area (Å²) in [5.74, 6) is -1.19. The Balaban J connectivity index is 1.22. The molecule has 5 aromatic rings. The van der Waals surface area contributed by atoms with Gasteiger partial charge in [0.2, 0.25) is 5.91 Å². The molecule has 0 saturated heterocycles. The van der Waals surface area contributed by atoms with Crippen LogP contribution in [0.4, 0.5) is 13.2 Å². The first-order valence-corrected chi connectivity index (χ1v) is 14.5. The first-order valence-electron chi connectivity index (χ1n) is 14.5. The van der Waals surface area contributed by atoms with E-state index in [1.807, 2.05) is 36.4 Å². The zero-order valence-corrected chi connectivity index (χ0v) is 24.6. The molecule has 0 bridgehead atoms. The van der Waals surface area contributed by atoms with E-state index in [0.29, 0.717) is 34.4 Å². The summed E-state index contributed by atoms with van der Waals surface area (Å²) < 4.78 is 39.0. The van der Waals surface area contributed by atoms with Crippen LogP contribution < -0.4 is 16.0 Å². The van der Waals surface area contributed by atoms with Gasteiger partial charge in [0.15, 0.2) is 0 Å². The van der Waals surface area contributed by atoms with Crippen molar-refractivity contribution in [2.75, 3.05) is 0 Å². The lowest BCUT2D eigenvalue weighted by Gasteiger charge is -2.19. The highest BCUT2D eigenvalue weighted by Gasteiger charge is 2.30. The van der Waals surface area contributed by atoms with E-state index < -0.39 is 29.6 Å². The van der Waals surface area contributed by atoms with Crippen molar-refractivity contribution >= 4 is 17.7 Å². The zero-order valence-electron chi connectivity index (χ0n) is 24.6. The molecule has 6 nitrogen and oxygen atoms in total. The van der Waals surface area contributed by atoms with E-state index in [0.717, 1.165) is 23.3 Å². The first-order chi connectivity index (χ1) is 22.2. The maximum atomic E-state index is 13.2. The Bertz CT molecular complexity index is 1790. The topological polar surface area (TPSA) is 87.3 Å². The maximum absolute atomic E-state index is 13.2. The SMILES string of the molecule is O=C(NC(C(=O)NCc1ccccc1)c1ccccc1)c1ccc(CNC(=O)c2ccccc2-c2ccc(C(F)(F)F)cc2)cc1. The van der Waals surface area contributed by atoms with E-state index in [4.69, 9.17) is 0 Å². The van der Waals surface area contributed by atoms with E-state index in [9.17, 15) is 27.6 Å². The van der Waals surface area contributed by atoms with E-state index in [-0.39, 0.29) is 12.5 Å². The Kier molecular flexibility index (Phi) is 9.92. The predicted octanol–water partition coefficient (Wildman–Crippen LogP) is 7.09. The predicted molar refractivity (Wildman–Crippen MR) is 169 cm³/mol. The quantitative estimate of drug-likeness (QED) is 0.156. The molecular formula is C37H30F3N3O3. The lowest BCUT2D eigenvalue weighted by Crippen LogP contribution is -2.40. The number of amides is 3. The zero-order chi connectivity index (χ0) is 32.5. The summed E-state index contributed by atoms with van der Waals surface area (Å²) in [5, 5.41) is 8.55. The van der Waals surface area contributed by atoms with Crippen molar-refractivity contribution in [1.29, 1.82) is 0 Å². The number of rotatable bonds is 10. The molecule has 0 aliphatic rings. The molecule has 3 amide bonds. The Morgan fingerprint density at radius 1 is 0.587 bits per heavy atom. The minimum absolute atomic E-state index is 0.149. The second-order valence-corrected chi connectivity index (χ2v) is 10.5. The third-order valence-electron chi connectivity index (χ3n) is 7.34. The molecule has 1 atom stereocenters. The van der Waals surface area contributed by atoms with Crippen molar-refractivity contribution in [2.24, 2.45) is 0 Å². The molecule has 0 fully saturated rings. The van der Waals surface area contributed by atoms with Crippen LogP contribution >= 0.6 is 0 Å². The van der Waals surface area contributed by atoms with Crippen molar-refractivity contribution in [3.63, 3.8) is 0 Å². The molecule has 0 aliphatic heterocycles. The molecule has 0 aliphatic carbocycles. The van der Waals surface area contributed by atoms with Crippen LogP contribution in [-0.2, 0) is 24.1 Å². The number of alkyl halides is 3. The highest BCUT2D eigenvalue weighted by molar-refractivity contribution is 6.01. The van der Waals surface area contributed by atoms with Gasteiger partial charge in [0.1, 0.15) is 6.04 Å². The highest BCUT2D eigenvalue weighted by atomic mass is 19.4. The second-order valence-electron chi connectivity index (χ2n) is 10.5. The van der Waals surface area contributed by atoms with Crippen LogP contribution in [0.1, 0.15) is 49.0 Å². The molecule has 9 heteroatoms. The number of nitrogens with one attached hydrogen (secondary N) is 3. The van der Waals surface area contributed by atoms with Gasteiger partial charge in [-0.15, -0.1) is 0 Å². The number of carbonyl (C=O) groups excluding carboxylic acids is 3. The third-order valence-corrected chi connectivity index (χ3v) is 7.34. The number of hydrogen-bond acceptors (Lipinski definition) is 3. The van der Waals surface area contributed by atoms with Gasteiger partial charge in [-0.3, -0.25) is 14.4 Å². The van der Waals surface area contributed by atoms with Gasteiger partial charge in [-0.25, -0.2) is 0 Å². The van der Waals surface area contributed by atoms with Crippen LogP contribution in [0.5, 0.6) is 0 Å². The summed E-state index contributed by atoms with van der Waals surface area (Å²) in [6.07, 6.45) is -4.45. The molecule has 46 heavy (non-hydrogen) atoms. The Morgan fingerprint density at radius 2 is 1.15 bits per heavy atom. The number of hydrogen-bond donors (Lipinski definition) is 3. The molecular weight excluding hydrogens is 591 g/mol. The van der Waals surface area contributed by atoms with Gasteiger partial charge in [0.25, 0.3) is 11.8 Å². The van der Waals surface area contributed by atoms with Crippen LogP contribution in [0.2, 0.25) is 0 Å². The van der Waals surface area contributed by atoms with E-state index in [2.05, 4.69) is 16.0 Å². The minimum Gasteiger partial charge on any atom is -0.350 e. The summed E-state index contributed by atoms with van der Waals surface area (Å²) in [4.78, 5) is 39.4. The summed E-state index contributed by atoms with van der Waals surface area (Å²) >= 11 is 0. The highest BCUT2D eigenvalue weighted by Crippen LogP contribution is 2.32. The van der Waals surface area contributed by atoms with Crippen LogP contribution in [-0.4, -0.2) is 17.7 Å². The Labute approximate surface area is 264 Å². The second kappa shape index (κ2) is 14.4. The molecule has 232 valence electrons. The molecule has 0 radical (unpaired) electrons. The summed E-state index contributed by atoms with van der Waals surface area (Å²) in [6.45, 7) is 0.463. The normalized spacial score (nSPS) is 11.7. The van der Waals surface area contributed by atoms with Gasteiger partial charge in [-0.2, -0.15) is 13.2 Å². The van der Waals surface area contributed by atoms with Gasteiger partial charge < -0.3 is 16.0 Å². The van der Waals surface area contributed by atoms with Gasteiger partial charge in [0, 0.05) is 24.2 Å². The van der Waals surface area contributed by atoms with Gasteiger partial charge in [0.05, 0.1) is 5.56 Å². The molecule has 3 N–H and O–H groups in total. The summed E-state index contributed by atoms with van der Waals surface area (Å²) in [5.41, 5.74) is 3.15. The monoisotopic (exact) mass is 621 g/mol. The standard InChI is InChI=1S/C37H30F3N3O3/c38-37(39,40)30-21-19-27(20-22-30)31-13-7-8-14-32(31)35(45)41-24-26-15-17-29(18-16-26)34(44)43-33(28-11-5-2-6-12-28)36(46)42-23-25-9-3-1-4-10-25/h1-22,33H,23-24H2,(H,41,45)(H,42,46)(H,43,44). The average Bonchev–Trinajstić information content (AvgIpc) is 3.09. The molecule has 5 rings (SSSR count). The number of halogens is 3. The van der Waals surface area contributed by atoms with E-state index in [1.54, 1.807) is 72.8 Å². The van der Waals surface area contributed by atoms with Crippen molar-refractivity contribution in [2.45, 2.75) is 25.3 Å². The van der Waals surface area contributed by atoms with Gasteiger partial charge >= 0.3 is 6.18 Å². The number of carbonyl (C=O) groups is 3. The molecule has 0 heterocycles. The van der Waals surface area contributed by atoms with Crippen molar-refractivity contribution in [1.82, 2.24) is 16.0 Å². The lowest BCUT2D eigenvalue weighted by molar-refractivity contribution is -0.137. The van der Waals surface area contributed by atoms with Gasteiger partial charge in [-0.05, 0) is 58.1 Å². The minimum atomic E-state index is -4.45. The van der Waals surface area contributed by atoms with E-state index >= 15 is 0 Å². The Morgan fingerprint density at radius 3 is 1.80 bits per heavy atom. The third kappa shape index (κ3) is 8.06. The lowest BCUT2D eigenvalue weighted by atomic mass is 9.98. The van der Waals surface area contributed by atoms with Crippen LogP contribution in [0, 0.1) is 0 Å². The van der Waals surface area contributed by atoms with E-state index in [1.165, 1.54) is 12.1 Å². The van der Waals surface area contributed by atoms with Crippen LogP contribution in [0.25, 0.3) is 11.1 Å². The number of benzene rings is 5. The molecule has 0 aromatic heterocycles. The van der Waals surface area contributed by atoms with Crippen molar-refractivity contribution < 1.29 is 27.6 Å². The molecule has 5 aromatic carbocycles. The van der Waals surface area contributed by atoms with Crippen LogP contribution in [0.3, 0.4) is 0 Å². The smallest absolute Gasteiger partial charge is 0.350 e. The van der Waals surface area contributed by atoms with Crippen molar-refractivity contribution in [3.8, 4) is 11.1 Å². The Hall–Kier alpha value is -5.70. The summed E-state index contributed by atoms with van der Waals surface area (Å²) in [7, 11) is 0. The molecule has 0 saturated carbocycles. The largest absolute Gasteiger partial charge is 0.416 e. The maximum Gasteiger partial charge on any atom is 0.416 e.